The van der Waals surface area contributed by atoms with Crippen LogP contribution in [0.4, 0.5) is 0 Å². The van der Waals surface area contributed by atoms with Crippen molar-refractivity contribution in [3.63, 3.8) is 0 Å². The van der Waals surface area contributed by atoms with Crippen molar-refractivity contribution in [1.29, 1.82) is 0 Å². The molecule has 1 aromatic carbocycles. The number of hydrogen-bond acceptors (Lipinski definition) is 7. The highest BCUT2D eigenvalue weighted by Crippen LogP contribution is 2.34. The van der Waals surface area contributed by atoms with Gasteiger partial charge in [-0.25, -0.2) is 0 Å². The summed E-state index contributed by atoms with van der Waals surface area (Å²) in [5.74, 6) is -0.826. The van der Waals surface area contributed by atoms with Crippen molar-refractivity contribution in [1.82, 2.24) is 0 Å². The van der Waals surface area contributed by atoms with Crippen LogP contribution in [0, 0.1) is 16.0 Å². The minimum absolute atomic E-state index is 0.103. The summed E-state index contributed by atoms with van der Waals surface area (Å²) in [5, 5.41) is 10.4. The highest BCUT2D eigenvalue weighted by molar-refractivity contribution is 5.98. The molecule has 3 rings (SSSR count). The second-order valence-corrected chi connectivity index (χ2v) is 4.79. The maximum Gasteiger partial charge on any atom is 0.316 e. The largest absolute Gasteiger partial charge is 0.457 e. The lowest BCUT2D eigenvalue weighted by Crippen LogP contribution is -2.18. The lowest BCUT2D eigenvalue weighted by Gasteiger charge is -2.04. The van der Waals surface area contributed by atoms with Gasteiger partial charge in [0.1, 0.15) is 5.92 Å². The summed E-state index contributed by atoms with van der Waals surface area (Å²) in [6.45, 7) is -0.342. The topological polar surface area (TPSA) is 105 Å². The van der Waals surface area contributed by atoms with Crippen LogP contribution in [0.3, 0.4) is 0 Å². The second-order valence-electron chi connectivity index (χ2n) is 4.79. The number of benzene rings is 1. The zero-order valence-corrected chi connectivity index (χ0v) is 10.8. The summed E-state index contributed by atoms with van der Waals surface area (Å²) in [6.07, 6.45) is 0.171. The molecule has 0 N–H and O–H groups in total. The Bertz CT molecular complexity index is 627. The predicted octanol–water partition coefficient (Wildman–Crippen LogP) is 0.806. The van der Waals surface area contributed by atoms with E-state index >= 15 is 0 Å². The van der Waals surface area contributed by atoms with Crippen LogP contribution in [0.2, 0.25) is 0 Å². The molecule has 2 aliphatic rings. The fourth-order valence-corrected chi connectivity index (χ4v) is 2.06. The maximum absolute atomic E-state index is 11.9. The molecule has 1 aliphatic carbocycles. The van der Waals surface area contributed by atoms with Gasteiger partial charge in [-0.1, -0.05) is 0 Å². The average Bonchev–Trinajstić information content (AvgIpc) is 3.15. The van der Waals surface area contributed by atoms with Crippen molar-refractivity contribution in [2.45, 2.75) is 12.5 Å². The SMILES string of the molecule is O=C(COC(=O)C1CC1[N+](=O)[O-])c1ccc2c(c1)OCO2. The predicted molar refractivity (Wildman–Crippen MR) is 66.7 cm³/mol. The van der Waals surface area contributed by atoms with Crippen molar-refractivity contribution in [2.24, 2.45) is 5.92 Å². The normalized spacial score (nSPS) is 21.7. The molecule has 8 nitrogen and oxygen atoms in total. The van der Waals surface area contributed by atoms with Gasteiger partial charge in [-0.05, 0) is 18.2 Å². The summed E-state index contributed by atoms with van der Waals surface area (Å²) in [4.78, 5) is 33.4. The molecular weight excluding hydrogens is 282 g/mol. The van der Waals surface area contributed by atoms with Gasteiger partial charge < -0.3 is 14.2 Å². The van der Waals surface area contributed by atoms with Gasteiger partial charge in [-0.2, -0.15) is 0 Å². The Morgan fingerprint density at radius 3 is 2.81 bits per heavy atom. The summed E-state index contributed by atoms with van der Waals surface area (Å²) in [6, 6.07) is 3.77. The van der Waals surface area contributed by atoms with Crippen LogP contribution in [-0.4, -0.2) is 36.1 Å². The maximum atomic E-state index is 11.9. The van der Waals surface area contributed by atoms with Crippen LogP contribution in [0.25, 0.3) is 0 Å². The number of rotatable bonds is 5. The summed E-state index contributed by atoms with van der Waals surface area (Å²) < 4.78 is 15.1. The fraction of sp³-hybridized carbons (Fsp3) is 0.385. The van der Waals surface area contributed by atoms with E-state index in [1.807, 2.05) is 0 Å². The molecule has 2 unspecified atom stereocenters. The quantitative estimate of drug-likeness (QED) is 0.342. The monoisotopic (exact) mass is 293 g/mol. The van der Waals surface area contributed by atoms with Crippen LogP contribution in [-0.2, 0) is 9.53 Å². The van der Waals surface area contributed by atoms with Gasteiger partial charge in [-0.3, -0.25) is 19.7 Å². The van der Waals surface area contributed by atoms with Crippen molar-refractivity contribution in [3.05, 3.63) is 33.9 Å². The van der Waals surface area contributed by atoms with E-state index in [0.717, 1.165) is 0 Å². The van der Waals surface area contributed by atoms with Gasteiger partial charge in [-0.15, -0.1) is 0 Å². The second kappa shape index (κ2) is 5.04. The third-order valence-electron chi connectivity index (χ3n) is 3.37. The van der Waals surface area contributed by atoms with E-state index in [1.165, 1.54) is 6.07 Å². The first kappa shape index (κ1) is 13.3. The Balaban J connectivity index is 1.55. The molecule has 21 heavy (non-hydrogen) atoms. The number of nitro groups is 1. The van der Waals surface area contributed by atoms with Crippen LogP contribution in [0.1, 0.15) is 16.8 Å². The zero-order chi connectivity index (χ0) is 15.0. The molecule has 0 aromatic heterocycles. The molecule has 110 valence electrons. The van der Waals surface area contributed by atoms with Crippen molar-refractivity contribution in [3.8, 4) is 11.5 Å². The first-order valence-corrected chi connectivity index (χ1v) is 6.29. The summed E-state index contributed by atoms with van der Waals surface area (Å²) in [7, 11) is 0. The molecule has 1 fully saturated rings. The van der Waals surface area contributed by atoms with Gasteiger partial charge in [0.05, 0.1) is 0 Å². The third-order valence-corrected chi connectivity index (χ3v) is 3.37. The molecule has 0 radical (unpaired) electrons. The van der Waals surface area contributed by atoms with E-state index in [4.69, 9.17) is 14.2 Å². The van der Waals surface area contributed by atoms with Gasteiger partial charge in [0.25, 0.3) is 0 Å². The van der Waals surface area contributed by atoms with Crippen molar-refractivity contribution < 1.29 is 28.7 Å². The molecule has 1 aromatic rings. The molecule has 8 heteroatoms. The number of ether oxygens (including phenoxy) is 3. The van der Waals surface area contributed by atoms with E-state index < -0.39 is 35.2 Å². The van der Waals surface area contributed by atoms with Gasteiger partial charge in [0.15, 0.2) is 23.9 Å². The highest BCUT2D eigenvalue weighted by atomic mass is 16.7. The average molecular weight is 293 g/mol. The lowest BCUT2D eigenvalue weighted by molar-refractivity contribution is -0.497. The molecule has 1 heterocycles. The number of ketones is 1. The Kier molecular flexibility index (Phi) is 3.20. The standard InChI is InChI=1S/C13H11NO7/c15-10(5-19-13(16)8-4-9(8)14(17)18)7-1-2-11-12(3-7)21-6-20-11/h1-3,8-9H,4-6H2. The Morgan fingerprint density at radius 1 is 1.33 bits per heavy atom. The van der Waals surface area contributed by atoms with E-state index in [-0.39, 0.29) is 13.2 Å². The minimum atomic E-state index is -0.877. The molecule has 0 spiro atoms. The number of carbonyl (C=O) groups excluding carboxylic acids is 2. The third kappa shape index (κ3) is 2.64. The van der Waals surface area contributed by atoms with E-state index in [9.17, 15) is 19.7 Å². The zero-order valence-electron chi connectivity index (χ0n) is 10.8. The first-order valence-electron chi connectivity index (χ1n) is 6.29. The molecular formula is C13H11NO7. The van der Waals surface area contributed by atoms with Gasteiger partial charge >= 0.3 is 5.97 Å². The van der Waals surface area contributed by atoms with Crippen LogP contribution in [0.5, 0.6) is 11.5 Å². The van der Waals surface area contributed by atoms with Gasteiger partial charge in [0, 0.05) is 16.9 Å². The van der Waals surface area contributed by atoms with Crippen molar-refractivity contribution in [2.75, 3.05) is 13.4 Å². The van der Waals surface area contributed by atoms with E-state index in [1.54, 1.807) is 12.1 Å². The number of carbonyl (C=O) groups is 2. The highest BCUT2D eigenvalue weighted by Gasteiger charge is 2.54. The van der Waals surface area contributed by atoms with Crippen LogP contribution >= 0.6 is 0 Å². The fourth-order valence-electron chi connectivity index (χ4n) is 2.06. The lowest BCUT2D eigenvalue weighted by atomic mass is 10.1. The Morgan fingerprint density at radius 2 is 2.10 bits per heavy atom. The summed E-state index contributed by atoms with van der Waals surface area (Å²) in [5.41, 5.74) is 0.327. The number of Topliss-reactive ketones (excluding diaryl/α,β-unsaturated/α-hetero) is 1. The molecule has 2 atom stereocenters. The molecule has 0 bridgehead atoms. The Labute approximate surface area is 118 Å². The van der Waals surface area contributed by atoms with Crippen molar-refractivity contribution >= 4 is 11.8 Å². The number of fused-ring (bicyclic) bond motifs is 1. The van der Waals surface area contributed by atoms with Crippen LogP contribution in [0.15, 0.2) is 18.2 Å². The molecule has 1 saturated carbocycles. The smallest absolute Gasteiger partial charge is 0.316 e. The number of esters is 1. The number of hydrogen-bond donors (Lipinski definition) is 0. The van der Waals surface area contributed by atoms with Crippen LogP contribution < -0.4 is 9.47 Å². The molecule has 0 amide bonds. The van der Waals surface area contributed by atoms with E-state index in [0.29, 0.717) is 17.1 Å². The van der Waals surface area contributed by atoms with Gasteiger partial charge in [0.2, 0.25) is 12.8 Å². The summed E-state index contributed by atoms with van der Waals surface area (Å²) >= 11 is 0. The Hall–Kier alpha value is -2.64. The minimum Gasteiger partial charge on any atom is -0.457 e. The first-order chi connectivity index (χ1) is 10.1. The van der Waals surface area contributed by atoms with E-state index in [2.05, 4.69) is 0 Å². The molecule has 0 saturated heterocycles. The molecule has 1 aliphatic heterocycles. The number of nitrogens with zero attached hydrogens (tertiary/aromatic N) is 1.